The van der Waals surface area contributed by atoms with E-state index in [1.807, 2.05) is 0 Å². The molecule has 0 bridgehead atoms. The molecular weight excluding hydrogens is 431 g/mol. The Morgan fingerprint density at radius 2 is 1.92 bits per heavy atom. The molecular formula is C18H23IN4S. The maximum Gasteiger partial charge on any atom is 0.191 e. The van der Waals surface area contributed by atoms with Crippen molar-refractivity contribution in [1.29, 1.82) is 0 Å². The number of guanidine groups is 1. The van der Waals surface area contributed by atoms with Crippen LogP contribution in [-0.4, -0.2) is 26.1 Å². The number of aliphatic imine (C=N–C) groups is 1. The van der Waals surface area contributed by atoms with E-state index in [1.54, 1.807) is 18.4 Å². The summed E-state index contributed by atoms with van der Waals surface area (Å²) >= 11 is 1.75. The van der Waals surface area contributed by atoms with Crippen LogP contribution >= 0.6 is 35.3 Å². The first kappa shape index (κ1) is 18.8. The Kier molecular flexibility index (Phi) is 7.58. The lowest BCUT2D eigenvalue weighted by atomic mass is 10.2. The molecule has 0 aliphatic carbocycles. The van der Waals surface area contributed by atoms with E-state index < -0.39 is 0 Å². The number of rotatable bonds is 5. The van der Waals surface area contributed by atoms with Gasteiger partial charge in [-0.15, -0.1) is 35.3 Å². The molecule has 2 N–H and O–H groups in total. The predicted molar refractivity (Wildman–Crippen MR) is 115 cm³/mol. The van der Waals surface area contributed by atoms with E-state index >= 15 is 0 Å². The molecule has 1 aliphatic rings. The van der Waals surface area contributed by atoms with Gasteiger partial charge in [-0.1, -0.05) is 30.4 Å². The monoisotopic (exact) mass is 454 g/mol. The van der Waals surface area contributed by atoms with E-state index in [1.165, 1.54) is 16.1 Å². The highest BCUT2D eigenvalue weighted by Crippen LogP contribution is 2.18. The van der Waals surface area contributed by atoms with Gasteiger partial charge in [0.15, 0.2) is 5.96 Å². The van der Waals surface area contributed by atoms with Gasteiger partial charge >= 0.3 is 0 Å². The molecule has 0 unspecified atom stereocenters. The van der Waals surface area contributed by atoms with Gasteiger partial charge < -0.3 is 15.5 Å². The largest absolute Gasteiger partial charge is 0.364 e. The van der Waals surface area contributed by atoms with Crippen LogP contribution in [0.3, 0.4) is 0 Å². The highest BCUT2D eigenvalue weighted by atomic mass is 127. The fraction of sp³-hybridized carbons (Fsp3) is 0.278. The molecule has 0 atom stereocenters. The van der Waals surface area contributed by atoms with Gasteiger partial charge in [-0.2, -0.15) is 0 Å². The third-order valence-electron chi connectivity index (χ3n) is 3.79. The van der Waals surface area contributed by atoms with Crippen LogP contribution in [-0.2, 0) is 13.1 Å². The summed E-state index contributed by atoms with van der Waals surface area (Å²) in [5.41, 5.74) is 2.53. The van der Waals surface area contributed by atoms with Gasteiger partial charge in [0.1, 0.15) is 0 Å². The molecule has 2 heterocycles. The summed E-state index contributed by atoms with van der Waals surface area (Å²) in [6.45, 7) is 3.57. The van der Waals surface area contributed by atoms with Crippen molar-refractivity contribution in [2.45, 2.75) is 13.1 Å². The minimum absolute atomic E-state index is 0. The number of hydrogen-bond donors (Lipinski definition) is 2. The molecule has 4 nitrogen and oxygen atoms in total. The summed E-state index contributed by atoms with van der Waals surface area (Å²) in [5, 5.41) is 8.81. The number of nitrogens with zero attached hydrogens (tertiary/aromatic N) is 2. The van der Waals surface area contributed by atoms with E-state index in [0.717, 1.165) is 32.1 Å². The van der Waals surface area contributed by atoms with Crippen LogP contribution in [0, 0.1) is 0 Å². The maximum atomic E-state index is 4.28. The lowest BCUT2D eigenvalue weighted by Crippen LogP contribution is -2.36. The Morgan fingerprint density at radius 1 is 1.12 bits per heavy atom. The fourth-order valence-corrected chi connectivity index (χ4v) is 3.19. The predicted octanol–water partition coefficient (Wildman–Crippen LogP) is 3.61. The molecule has 1 aliphatic heterocycles. The fourth-order valence-electron chi connectivity index (χ4n) is 2.54. The van der Waals surface area contributed by atoms with Crippen LogP contribution in [0.25, 0.3) is 0 Å². The van der Waals surface area contributed by atoms with Crippen LogP contribution < -0.4 is 15.5 Å². The summed E-state index contributed by atoms with van der Waals surface area (Å²) in [6.07, 6.45) is 4.42. The molecule has 0 radical (unpaired) electrons. The van der Waals surface area contributed by atoms with Gasteiger partial charge in [-0.05, 0) is 29.1 Å². The van der Waals surface area contributed by atoms with Crippen molar-refractivity contribution in [2.24, 2.45) is 4.99 Å². The van der Waals surface area contributed by atoms with Crippen molar-refractivity contribution in [1.82, 2.24) is 10.6 Å². The summed E-state index contributed by atoms with van der Waals surface area (Å²) in [5.74, 6) is 0.826. The lowest BCUT2D eigenvalue weighted by Gasteiger charge is -2.19. The van der Waals surface area contributed by atoms with Crippen LogP contribution in [0.15, 0.2) is 58.9 Å². The summed E-state index contributed by atoms with van der Waals surface area (Å²) in [4.78, 5) is 7.94. The maximum absolute atomic E-state index is 4.28. The average molecular weight is 454 g/mol. The van der Waals surface area contributed by atoms with Crippen LogP contribution in [0.4, 0.5) is 5.69 Å². The minimum Gasteiger partial charge on any atom is -0.364 e. The second-order valence-electron chi connectivity index (χ2n) is 5.40. The first-order valence-electron chi connectivity index (χ1n) is 7.81. The van der Waals surface area contributed by atoms with Crippen molar-refractivity contribution in [3.8, 4) is 0 Å². The Bertz CT molecular complexity index is 674. The van der Waals surface area contributed by atoms with Crippen LogP contribution in [0.1, 0.15) is 10.4 Å². The number of anilines is 1. The summed E-state index contributed by atoms with van der Waals surface area (Å²) < 4.78 is 0. The number of nitrogens with one attached hydrogen (secondary N) is 2. The molecule has 1 aromatic carbocycles. The topological polar surface area (TPSA) is 39.7 Å². The highest BCUT2D eigenvalue weighted by Gasteiger charge is 2.08. The third-order valence-corrected chi connectivity index (χ3v) is 4.66. The second-order valence-corrected chi connectivity index (χ2v) is 6.44. The number of benzene rings is 1. The van der Waals surface area contributed by atoms with Crippen molar-refractivity contribution in [2.75, 3.05) is 25.0 Å². The molecule has 0 amide bonds. The highest BCUT2D eigenvalue weighted by molar-refractivity contribution is 14.0. The lowest BCUT2D eigenvalue weighted by molar-refractivity contribution is 0.815. The molecule has 2 aromatic rings. The van der Waals surface area contributed by atoms with Crippen molar-refractivity contribution in [3.05, 3.63) is 64.4 Å². The molecule has 6 heteroatoms. The molecule has 0 spiro atoms. The smallest absolute Gasteiger partial charge is 0.191 e. The van der Waals surface area contributed by atoms with E-state index in [0.29, 0.717) is 0 Å². The van der Waals surface area contributed by atoms with E-state index in [-0.39, 0.29) is 24.0 Å². The Labute approximate surface area is 164 Å². The van der Waals surface area contributed by atoms with Crippen molar-refractivity contribution < 1.29 is 0 Å². The van der Waals surface area contributed by atoms with Crippen LogP contribution in [0.5, 0.6) is 0 Å². The zero-order valence-electron chi connectivity index (χ0n) is 13.7. The zero-order valence-corrected chi connectivity index (χ0v) is 16.9. The van der Waals surface area contributed by atoms with Gasteiger partial charge in [0.25, 0.3) is 0 Å². The Balaban J connectivity index is 0.00000208. The number of hydrogen-bond acceptors (Lipinski definition) is 3. The van der Waals surface area contributed by atoms with Gasteiger partial charge in [0.05, 0.1) is 6.54 Å². The summed E-state index contributed by atoms with van der Waals surface area (Å²) in [7, 11) is 1.80. The Hall–Kier alpha value is -1.54. The average Bonchev–Trinajstić information content (AvgIpc) is 3.29. The van der Waals surface area contributed by atoms with Gasteiger partial charge in [-0.25, -0.2) is 0 Å². The Morgan fingerprint density at radius 3 is 2.62 bits per heavy atom. The quantitative estimate of drug-likeness (QED) is 0.314. The van der Waals surface area contributed by atoms with Gasteiger partial charge in [0, 0.05) is 37.2 Å². The normalized spacial score (nSPS) is 13.7. The van der Waals surface area contributed by atoms with Crippen LogP contribution in [0.2, 0.25) is 0 Å². The first-order chi connectivity index (χ1) is 11.3. The third kappa shape index (κ3) is 5.24. The van der Waals surface area contributed by atoms with E-state index in [2.05, 4.69) is 74.5 Å². The molecule has 1 aromatic heterocycles. The van der Waals surface area contributed by atoms with Crippen molar-refractivity contribution >= 4 is 47.0 Å². The van der Waals surface area contributed by atoms with E-state index in [4.69, 9.17) is 0 Å². The zero-order chi connectivity index (χ0) is 15.9. The molecule has 128 valence electrons. The molecule has 24 heavy (non-hydrogen) atoms. The van der Waals surface area contributed by atoms with Gasteiger partial charge in [-0.3, -0.25) is 4.99 Å². The number of halogens is 1. The molecule has 0 fully saturated rings. The van der Waals surface area contributed by atoms with Gasteiger partial charge in [0.2, 0.25) is 0 Å². The molecule has 3 rings (SSSR count). The summed E-state index contributed by atoms with van der Waals surface area (Å²) in [6, 6.07) is 12.9. The molecule has 0 saturated heterocycles. The van der Waals surface area contributed by atoms with E-state index in [9.17, 15) is 0 Å². The van der Waals surface area contributed by atoms with Crippen molar-refractivity contribution in [3.63, 3.8) is 0 Å². The second kappa shape index (κ2) is 9.68. The SMILES string of the molecule is CN=C(NCc1cccc(N2CC=CC2)c1)NCc1cccs1.I. The molecule has 0 saturated carbocycles. The first-order valence-corrected chi connectivity index (χ1v) is 8.69. The minimum atomic E-state index is 0. The number of thiophene rings is 1. The standard InChI is InChI=1S/C18H22N4S.HI/c1-19-18(21-14-17-8-5-11-23-17)20-13-15-6-4-7-16(12-15)22-9-2-3-10-22;/h2-8,11-12H,9-10,13-14H2,1H3,(H2,19,20,21);1H.